The summed E-state index contributed by atoms with van der Waals surface area (Å²) in [6.07, 6.45) is 0.670. The van der Waals surface area contributed by atoms with Crippen LogP contribution in [0.5, 0.6) is 0 Å². The Balaban J connectivity index is 2.78. The van der Waals surface area contributed by atoms with Crippen molar-refractivity contribution in [1.29, 1.82) is 0 Å². The quantitative estimate of drug-likeness (QED) is 0.582. The SMILES string of the molecule is CC1(C)CC(C)(C)C(O)CC1O. The second-order valence-corrected chi connectivity index (χ2v) is 5.42. The third kappa shape index (κ3) is 1.64. The van der Waals surface area contributed by atoms with E-state index >= 15 is 0 Å². The van der Waals surface area contributed by atoms with Gasteiger partial charge in [0.15, 0.2) is 0 Å². The van der Waals surface area contributed by atoms with Crippen molar-refractivity contribution in [3.8, 4) is 0 Å². The largest absolute Gasteiger partial charge is 0.392 e. The normalized spacial score (nSPS) is 39.5. The molecule has 2 atom stereocenters. The Labute approximate surface area is 74.6 Å². The maximum atomic E-state index is 9.68. The van der Waals surface area contributed by atoms with Gasteiger partial charge in [-0.2, -0.15) is 0 Å². The molecule has 0 amide bonds. The molecule has 0 saturated heterocycles. The first-order valence-corrected chi connectivity index (χ1v) is 4.62. The Morgan fingerprint density at radius 2 is 1.25 bits per heavy atom. The molecule has 1 aliphatic rings. The van der Waals surface area contributed by atoms with Crippen LogP contribution in [0.25, 0.3) is 0 Å². The van der Waals surface area contributed by atoms with E-state index in [9.17, 15) is 10.2 Å². The molecule has 1 fully saturated rings. The first kappa shape index (κ1) is 10.0. The number of aliphatic hydroxyl groups is 2. The highest BCUT2D eigenvalue weighted by Gasteiger charge is 2.44. The van der Waals surface area contributed by atoms with Crippen molar-refractivity contribution in [3.05, 3.63) is 0 Å². The highest BCUT2D eigenvalue weighted by atomic mass is 16.3. The first-order chi connectivity index (χ1) is 5.26. The van der Waals surface area contributed by atoms with E-state index in [0.29, 0.717) is 6.42 Å². The topological polar surface area (TPSA) is 40.5 Å². The minimum atomic E-state index is -0.361. The summed E-state index contributed by atoms with van der Waals surface area (Å²) in [6.45, 7) is 8.24. The Morgan fingerprint density at radius 1 is 0.917 bits per heavy atom. The molecule has 0 heterocycles. The molecule has 2 unspecified atom stereocenters. The summed E-state index contributed by atoms with van der Waals surface area (Å²) >= 11 is 0. The maximum absolute atomic E-state index is 9.68. The number of hydrogen-bond acceptors (Lipinski definition) is 2. The molecule has 1 saturated carbocycles. The van der Waals surface area contributed by atoms with Crippen molar-refractivity contribution in [2.24, 2.45) is 10.8 Å². The molecule has 1 rings (SSSR count). The zero-order valence-corrected chi connectivity index (χ0v) is 8.46. The summed E-state index contributed by atoms with van der Waals surface area (Å²) in [7, 11) is 0. The fraction of sp³-hybridized carbons (Fsp3) is 1.00. The van der Waals surface area contributed by atoms with Crippen molar-refractivity contribution < 1.29 is 10.2 Å². The van der Waals surface area contributed by atoms with Crippen molar-refractivity contribution in [2.45, 2.75) is 52.7 Å². The highest BCUT2D eigenvalue weighted by molar-refractivity contribution is 4.95. The van der Waals surface area contributed by atoms with Crippen LogP contribution in [-0.4, -0.2) is 22.4 Å². The van der Waals surface area contributed by atoms with Crippen molar-refractivity contribution in [2.75, 3.05) is 0 Å². The minimum Gasteiger partial charge on any atom is -0.392 e. The standard InChI is InChI=1S/C10H20O2/c1-9(2)6-10(3,4)8(12)5-7(9)11/h7-8,11-12H,5-6H2,1-4H3. The third-order valence-corrected chi connectivity index (χ3v) is 3.16. The molecule has 0 aliphatic heterocycles. The lowest BCUT2D eigenvalue weighted by molar-refractivity contribution is -0.105. The lowest BCUT2D eigenvalue weighted by atomic mass is 9.62. The molecule has 2 heteroatoms. The van der Waals surface area contributed by atoms with Gasteiger partial charge in [-0.3, -0.25) is 0 Å². The van der Waals surface area contributed by atoms with E-state index in [4.69, 9.17) is 0 Å². The van der Waals surface area contributed by atoms with Gasteiger partial charge in [-0.15, -0.1) is 0 Å². The Kier molecular flexibility index (Phi) is 2.26. The van der Waals surface area contributed by atoms with Crippen LogP contribution in [0.3, 0.4) is 0 Å². The maximum Gasteiger partial charge on any atom is 0.0616 e. The summed E-state index contributed by atoms with van der Waals surface area (Å²) in [4.78, 5) is 0. The lowest BCUT2D eigenvalue weighted by Gasteiger charge is -2.47. The zero-order chi connectivity index (χ0) is 9.57. The van der Waals surface area contributed by atoms with Crippen LogP contribution in [0.4, 0.5) is 0 Å². The number of aliphatic hydroxyl groups excluding tert-OH is 2. The molecule has 0 aromatic rings. The van der Waals surface area contributed by atoms with Crippen LogP contribution < -0.4 is 0 Å². The van der Waals surface area contributed by atoms with Crippen molar-refractivity contribution in [3.63, 3.8) is 0 Å². The summed E-state index contributed by atoms with van der Waals surface area (Å²) < 4.78 is 0. The van der Waals surface area contributed by atoms with Gasteiger partial charge in [0.2, 0.25) is 0 Å². The van der Waals surface area contributed by atoms with Crippen LogP contribution in [-0.2, 0) is 0 Å². The molecule has 0 aromatic carbocycles. The van der Waals surface area contributed by atoms with Gasteiger partial charge >= 0.3 is 0 Å². The minimum absolute atomic E-state index is 0.0528. The average Bonchev–Trinajstić information content (AvgIpc) is 1.82. The van der Waals surface area contributed by atoms with Gasteiger partial charge in [0, 0.05) is 6.42 Å². The van der Waals surface area contributed by atoms with E-state index in [2.05, 4.69) is 27.7 Å². The van der Waals surface area contributed by atoms with Crippen molar-refractivity contribution >= 4 is 0 Å². The molecule has 0 aromatic heterocycles. The van der Waals surface area contributed by atoms with Gasteiger partial charge in [0.1, 0.15) is 0 Å². The molecule has 2 N–H and O–H groups in total. The lowest BCUT2D eigenvalue weighted by Crippen LogP contribution is -2.48. The molecule has 0 spiro atoms. The molecule has 72 valence electrons. The van der Waals surface area contributed by atoms with Gasteiger partial charge in [-0.25, -0.2) is 0 Å². The average molecular weight is 172 g/mol. The van der Waals surface area contributed by atoms with Crippen LogP contribution >= 0.6 is 0 Å². The molecule has 2 nitrogen and oxygen atoms in total. The summed E-state index contributed by atoms with van der Waals surface area (Å²) in [5.74, 6) is 0. The molecule has 12 heavy (non-hydrogen) atoms. The zero-order valence-electron chi connectivity index (χ0n) is 8.46. The fourth-order valence-electron chi connectivity index (χ4n) is 2.26. The monoisotopic (exact) mass is 172 g/mol. The van der Waals surface area contributed by atoms with Crippen molar-refractivity contribution in [1.82, 2.24) is 0 Å². The van der Waals surface area contributed by atoms with E-state index in [1.54, 1.807) is 0 Å². The Hall–Kier alpha value is -0.0800. The second-order valence-electron chi connectivity index (χ2n) is 5.42. The summed E-state index contributed by atoms with van der Waals surface area (Å²) in [6, 6.07) is 0. The second kappa shape index (κ2) is 2.71. The molecule has 0 radical (unpaired) electrons. The molecular weight excluding hydrogens is 152 g/mol. The van der Waals surface area contributed by atoms with Crippen LogP contribution in [0.2, 0.25) is 0 Å². The first-order valence-electron chi connectivity index (χ1n) is 4.62. The Morgan fingerprint density at radius 3 is 1.50 bits per heavy atom. The molecule has 1 aliphatic carbocycles. The summed E-state index contributed by atoms with van der Waals surface area (Å²) in [5, 5.41) is 19.4. The molecule has 0 bridgehead atoms. The Bertz CT molecular complexity index is 155. The third-order valence-electron chi connectivity index (χ3n) is 3.16. The molecular formula is C10H20O2. The van der Waals surface area contributed by atoms with E-state index in [-0.39, 0.29) is 23.0 Å². The number of rotatable bonds is 0. The fourth-order valence-corrected chi connectivity index (χ4v) is 2.26. The van der Waals surface area contributed by atoms with E-state index in [1.165, 1.54) is 0 Å². The smallest absolute Gasteiger partial charge is 0.0616 e. The van der Waals surface area contributed by atoms with Gasteiger partial charge in [-0.05, 0) is 17.3 Å². The van der Waals surface area contributed by atoms with Crippen LogP contribution in [0.1, 0.15) is 40.5 Å². The highest BCUT2D eigenvalue weighted by Crippen LogP contribution is 2.45. The predicted molar refractivity (Wildman–Crippen MR) is 48.8 cm³/mol. The van der Waals surface area contributed by atoms with E-state index in [0.717, 1.165) is 6.42 Å². The summed E-state index contributed by atoms with van der Waals surface area (Å²) in [5.41, 5.74) is -0.106. The van der Waals surface area contributed by atoms with E-state index in [1.807, 2.05) is 0 Å². The predicted octanol–water partition coefficient (Wildman–Crippen LogP) is 1.55. The van der Waals surface area contributed by atoms with Crippen LogP contribution in [0, 0.1) is 10.8 Å². The van der Waals surface area contributed by atoms with Gasteiger partial charge in [0.25, 0.3) is 0 Å². The van der Waals surface area contributed by atoms with E-state index < -0.39 is 0 Å². The van der Waals surface area contributed by atoms with Gasteiger partial charge in [0.05, 0.1) is 12.2 Å². The number of hydrogen-bond donors (Lipinski definition) is 2. The van der Waals surface area contributed by atoms with Gasteiger partial charge < -0.3 is 10.2 Å². The van der Waals surface area contributed by atoms with Crippen LogP contribution in [0.15, 0.2) is 0 Å². The van der Waals surface area contributed by atoms with Gasteiger partial charge in [-0.1, -0.05) is 27.7 Å².